The van der Waals surface area contributed by atoms with Crippen LogP contribution in [0.5, 0.6) is 0 Å². The van der Waals surface area contributed by atoms with Crippen molar-refractivity contribution in [2.75, 3.05) is 87.2 Å². The van der Waals surface area contributed by atoms with Gasteiger partial charge in [-0.1, -0.05) is 103 Å². The van der Waals surface area contributed by atoms with E-state index in [0.29, 0.717) is 96.8 Å². The van der Waals surface area contributed by atoms with Gasteiger partial charge in [0.2, 0.25) is 0 Å². The number of hydrogen-bond acceptors (Lipinski definition) is 30. The molecule has 0 rings (SSSR count). The van der Waals surface area contributed by atoms with Gasteiger partial charge >= 0.3 is 59.7 Å². The first-order chi connectivity index (χ1) is 55.2. The van der Waals surface area contributed by atoms with Gasteiger partial charge in [0.05, 0.1) is 32.8 Å². The van der Waals surface area contributed by atoms with Crippen molar-refractivity contribution in [2.24, 2.45) is 57.3 Å². The van der Waals surface area contributed by atoms with Crippen LogP contribution in [-0.2, 0) is 76.5 Å². The van der Waals surface area contributed by atoms with E-state index in [1.54, 1.807) is 37.4 Å². The summed E-state index contributed by atoms with van der Waals surface area (Å²) in [6, 6.07) is -8.28. The molecule has 0 fully saturated rings. The number of hydrogen-bond donors (Lipinski definition) is 21. The minimum absolute atomic E-state index is 0.0300. The molecule has 0 aliphatic rings. The first kappa shape index (κ1) is 133. The van der Waals surface area contributed by atoms with E-state index in [1.807, 2.05) is 48.5 Å². The Balaban J connectivity index is -0.000000140. The van der Waals surface area contributed by atoms with Crippen molar-refractivity contribution in [1.29, 1.82) is 0 Å². The summed E-state index contributed by atoms with van der Waals surface area (Å²) in [5.41, 5.74) is 61.2. The molecule has 0 aromatic rings. The molecular weight excluding hydrogens is 1630 g/mol. The van der Waals surface area contributed by atoms with Gasteiger partial charge in [-0.05, 0) is 158 Å². The molecule has 696 valence electrons. The van der Waals surface area contributed by atoms with E-state index in [-0.39, 0.29) is 56.1 Å². The Morgan fingerprint density at radius 3 is 1.02 bits per heavy atom. The van der Waals surface area contributed by atoms with E-state index in [0.717, 1.165) is 98.2 Å². The minimum atomic E-state index is -1.15. The molecule has 10 atom stereocenters. The third kappa shape index (κ3) is 121. The third-order valence-electron chi connectivity index (χ3n) is 12.9. The predicted octanol–water partition coefficient (Wildman–Crippen LogP) is 5.59. The maximum absolute atomic E-state index is 11.0. The van der Waals surface area contributed by atoms with E-state index >= 15 is 0 Å². The van der Waals surface area contributed by atoms with Crippen molar-refractivity contribution in [2.45, 2.75) is 226 Å². The van der Waals surface area contributed by atoms with Crippen LogP contribution >= 0.6 is 35.3 Å². The molecular formula is C80H147N11O26S3. The first-order valence-electron chi connectivity index (χ1n) is 37.5. The predicted molar refractivity (Wildman–Crippen MR) is 477 cm³/mol. The lowest BCUT2D eigenvalue weighted by atomic mass is 10.1. The Kier molecular flexibility index (Phi) is 96.3. The standard InChI is InChI=1S/C9H17NO3.C9H17NO2S.C8H16N2O2.C8H13NO4.C8H13NO3.C8H15NO3.C8H15NO2S.C8H15NO2.C7H13NO3.C7H13NO2S/c2*1-7(2)6-13-5-3-4-8(10)9(11)12;1-6(2)5-10-4-3-7(9)8(11)12;1-5(10)4-6(11)2-3-7(9)8(12)13;1-5(2)3-6(10)4-7(9)8(11)12;2*1-6(2)5-12-4-3-7(9)8(10)11;1-6(2)4-3-5-7(9)8(10)11;2*1-5(2)3-11-4-6(8)7(9)10/h2*8H,1,3-6,10H2,2H3,(H,11,12);7,10H,1,3-5,9H2,2H3,(H,11,12);7H,2-4,9H2,1H3,(H,12,13);7H,1,3-4,9H2,2H3,(H,11,12);2*7H,1,3-5,9H2,2H3,(H,10,11);7H,1,3-5,9H2,2H3,(H,10,11);2*6H,1,3-4,8H2,2H3,(H,9,10). The highest BCUT2D eigenvalue weighted by Gasteiger charge is 2.19. The van der Waals surface area contributed by atoms with Crippen molar-refractivity contribution in [3.05, 3.63) is 109 Å². The topological polar surface area (TPSA) is 724 Å². The van der Waals surface area contributed by atoms with Crippen molar-refractivity contribution in [3.63, 3.8) is 0 Å². The Morgan fingerprint density at radius 1 is 0.308 bits per heavy atom. The lowest BCUT2D eigenvalue weighted by molar-refractivity contribution is -0.140. The second-order valence-corrected chi connectivity index (χ2v) is 31.1. The first-order valence-corrected chi connectivity index (χ1v) is 41.0. The summed E-state index contributed by atoms with van der Waals surface area (Å²) < 4.78 is 15.2. The number of allylic oxidation sites excluding steroid dienone is 2. The second-order valence-electron chi connectivity index (χ2n) is 27.9. The maximum atomic E-state index is 11.0. The summed E-state index contributed by atoms with van der Waals surface area (Å²) in [6.45, 7) is 54.9. The van der Waals surface area contributed by atoms with Crippen LogP contribution in [0.25, 0.3) is 0 Å². The van der Waals surface area contributed by atoms with Crippen LogP contribution in [0.4, 0.5) is 0 Å². The fraction of sp³-hybridized carbons (Fsp3) is 0.613. The van der Waals surface area contributed by atoms with Crippen LogP contribution in [0.3, 0.4) is 0 Å². The zero-order valence-corrected chi connectivity index (χ0v) is 74.6. The fourth-order valence-electron chi connectivity index (χ4n) is 6.55. The SMILES string of the molecule is C=C(C)CC(=O)CC(N)C(=O)O.C=C(C)CCCC(N)C(=O)O.C=C(C)CNCCC(N)C(=O)O.C=C(C)COCC(N)C(=O)O.C=C(C)COCCC(N)C(=O)O.C=C(C)COCCCC(N)C(=O)O.C=C(C)CSCC(N)C(=O)O.C=C(C)CSCCC(N)C(=O)O.C=C(C)CSCCCC(N)C(=O)O.CC(=O)CC(=O)CCC(N)C(=O)O. The Hall–Kier alpha value is -8.14. The zero-order chi connectivity index (χ0) is 95.9. The second kappa shape index (κ2) is 87.2. The summed E-state index contributed by atoms with van der Waals surface area (Å²) >= 11 is 4.92. The molecule has 0 saturated heterocycles. The fourth-order valence-corrected chi connectivity index (χ4v) is 9.19. The quantitative estimate of drug-likeness (QED) is 0.0200. The molecule has 10 unspecified atom stereocenters. The van der Waals surface area contributed by atoms with Crippen LogP contribution in [0.2, 0.25) is 0 Å². The number of nitrogens with two attached hydrogens (primary N) is 10. The number of carbonyl (C=O) groups is 13. The van der Waals surface area contributed by atoms with Crippen LogP contribution in [0.15, 0.2) is 109 Å². The van der Waals surface area contributed by atoms with E-state index in [9.17, 15) is 62.3 Å². The summed E-state index contributed by atoms with van der Waals surface area (Å²) in [5, 5.41) is 87.1. The van der Waals surface area contributed by atoms with E-state index in [2.05, 4.69) is 64.5 Å². The molecule has 31 N–H and O–H groups in total. The van der Waals surface area contributed by atoms with Crippen molar-refractivity contribution >= 4 is 112 Å². The van der Waals surface area contributed by atoms with Gasteiger partial charge in [0.1, 0.15) is 77.8 Å². The number of carboxylic acid groups (broad SMARTS) is 10. The molecule has 0 spiro atoms. The number of carbonyl (C=O) groups excluding carboxylic acids is 3. The molecule has 37 nitrogen and oxygen atoms in total. The van der Waals surface area contributed by atoms with Crippen molar-refractivity contribution in [3.8, 4) is 0 Å². The van der Waals surface area contributed by atoms with Crippen molar-refractivity contribution in [1.82, 2.24) is 5.32 Å². The van der Waals surface area contributed by atoms with E-state index in [1.165, 1.54) is 18.7 Å². The number of nitrogens with one attached hydrogen (secondary N) is 1. The van der Waals surface area contributed by atoms with Gasteiger partial charge in [-0.15, -0.1) is 6.58 Å². The van der Waals surface area contributed by atoms with Gasteiger partial charge in [0.25, 0.3) is 0 Å². The smallest absolute Gasteiger partial charge is 0.322 e. The van der Waals surface area contributed by atoms with Gasteiger partial charge in [-0.25, -0.2) is 0 Å². The number of aliphatic carboxylic acids is 10. The van der Waals surface area contributed by atoms with Gasteiger partial charge < -0.3 is 128 Å². The Morgan fingerprint density at radius 2 is 0.650 bits per heavy atom. The minimum Gasteiger partial charge on any atom is -0.480 e. The lowest BCUT2D eigenvalue weighted by Crippen LogP contribution is -2.35. The highest BCUT2D eigenvalue weighted by molar-refractivity contribution is 7.99. The molecule has 0 aliphatic heterocycles. The number of carboxylic acids is 10. The van der Waals surface area contributed by atoms with Gasteiger partial charge in [-0.3, -0.25) is 62.3 Å². The summed E-state index contributed by atoms with van der Waals surface area (Å²) in [7, 11) is 0. The molecule has 0 radical (unpaired) electrons. The largest absolute Gasteiger partial charge is 0.480 e. The van der Waals surface area contributed by atoms with Crippen LogP contribution in [0.1, 0.15) is 166 Å². The van der Waals surface area contributed by atoms with Crippen LogP contribution in [-0.4, -0.2) is 276 Å². The zero-order valence-electron chi connectivity index (χ0n) is 72.1. The summed E-state index contributed by atoms with van der Waals surface area (Å²) in [4.78, 5) is 135. The highest BCUT2D eigenvalue weighted by Crippen LogP contribution is 2.12. The van der Waals surface area contributed by atoms with Gasteiger partial charge in [-0.2, -0.15) is 35.3 Å². The van der Waals surface area contributed by atoms with E-state index < -0.39 is 120 Å². The maximum Gasteiger partial charge on any atom is 0.322 e. The number of ether oxygens (including phenoxy) is 3. The third-order valence-corrected chi connectivity index (χ3v) is 16.7. The number of ketones is 3. The van der Waals surface area contributed by atoms with Crippen LogP contribution < -0.4 is 62.7 Å². The molecule has 0 bridgehead atoms. The Bertz CT molecular complexity index is 2880. The normalized spacial score (nSPS) is 12.4. The summed E-state index contributed by atoms with van der Waals surface area (Å²) in [6.07, 6.45) is 6.12. The molecule has 40 heteroatoms. The highest BCUT2D eigenvalue weighted by atomic mass is 32.2. The van der Waals surface area contributed by atoms with E-state index in [4.69, 9.17) is 123 Å². The summed E-state index contributed by atoms with van der Waals surface area (Å²) in [5.74, 6) is -5.81. The van der Waals surface area contributed by atoms with Crippen molar-refractivity contribution < 1.29 is 128 Å². The molecule has 0 aromatic carbocycles. The molecule has 120 heavy (non-hydrogen) atoms. The Labute approximate surface area is 721 Å². The average molecular weight is 1780 g/mol. The molecule has 0 aliphatic carbocycles. The number of thioether (sulfide) groups is 3. The van der Waals surface area contributed by atoms with Crippen LogP contribution in [0, 0.1) is 0 Å². The van der Waals surface area contributed by atoms with Gasteiger partial charge in [0, 0.05) is 62.0 Å². The molecule has 0 saturated carbocycles. The number of rotatable bonds is 58. The van der Waals surface area contributed by atoms with Gasteiger partial charge in [0.15, 0.2) is 0 Å². The monoisotopic (exact) mass is 1770 g/mol. The lowest BCUT2D eigenvalue weighted by Gasteiger charge is -2.06. The molecule has 0 aromatic heterocycles. The number of Topliss-reactive ketones (excluding diaryl/α,β-unsaturated/α-hetero) is 3. The molecule has 0 heterocycles. The average Bonchev–Trinajstić information content (AvgIpc) is 0.970. The molecule has 0 amide bonds.